The van der Waals surface area contributed by atoms with E-state index < -0.39 is 0 Å². The van der Waals surface area contributed by atoms with Gasteiger partial charge < -0.3 is 10.1 Å². The number of hydrazone groups is 1. The molecule has 1 aromatic carbocycles. The highest BCUT2D eigenvalue weighted by Gasteiger charge is 2.01. The van der Waals surface area contributed by atoms with E-state index in [4.69, 9.17) is 17.0 Å². The van der Waals surface area contributed by atoms with Gasteiger partial charge in [-0.05, 0) is 36.9 Å². The summed E-state index contributed by atoms with van der Waals surface area (Å²) in [6.07, 6.45) is 7.07. The molecular formula is C17H22N6OS. The van der Waals surface area contributed by atoms with Gasteiger partial charge in [-0.3, -0.25) is 5.43 Å². The van der Waals surface area contributed by atoms with Crippen LogP contribution in [0.5, 0.6) is 0 Å². The Morgan fingerprint density at radius 3 is 2.96 bits per heavy atom. The number of nitrogens with zero attached hydrogens (tertiary/aromatic N) is 4. The Hall–Kier alpha value is -2.58. The van der Waals surface area contributed by atoms with Crippen LogP contribution in [0.2, 0.25) is 0 Å². The van der Waals surface area contributed by atoms with Gasteiger partial charge >= 0.3 is 0 Å². The molecule has 1 heterocycles. The molecule has 0 unspecified atom stereocenters. The van der Waals surface area contributed by atoms with E-state index in [0.29, 0.717) is 18.3 Å². The summed E-state index contributed by atoms with van der Waals surface area (Å²) in [5.74, 6) is 0. The van der Waals surface area contributed by atoms with E-state index in [1.165, 1.54) is 5.56 Å². The van der Waals surface area contributed by atoms with E-state index in [1.54, 1.807) is 24.1 Å². The number of allylic oxidation sites excluding steroid dienone is 1. The highest BCUT2D eigenvalue weighted by atomic mass is 32.1. The quantitative estimate of drug-likeness (QED) is 0.426. The normalized spacial score (nSPS) is 12.6. The fourth-order valence-corrected chi connectivity index (χ4v) is 2.32. The van der Waals surface area contributed by atoms with Gasteiger partial charge in [0.15, 0.2) is 5.11 Å². The summed E-state index contributed by atoms with van der Waals surface area (Å²) in [6, 6.07) is 10.2. The van der Waals surface area contributed by atoms with Crippen LogP contribution < -0.4 is 10.7 Å². The van der Waals surface area contributed by atoms with Crippen LogP contribution in [0.4, 0.5) is 0 Å². The Kier molecular flexibility index (Phi) is 7.74. The van der Waals surface area contributed by atoms with Gasteiger partial charge in [0.1, 0.15) is 5.69 Å². The first-order valence-electron chi connectivity index (χ1n) is 7.86. The predicted octanol–water partition coefficient (Wildman–Crippen LogP) is 1.82. The minimum atomic E-state index is 0.121. The molecule has 0 spiro atoms. The van der Waals surface area contributed by atoms with Gasteiger partial charge in [0.25, 0.3) is 0 Å². The average Bonchev–Trinajstić information content (AvgIpc) is 3.03. The monoisotopic (exact) mass is 358 g/mol. The van der Waals surface area contributed by atoms with Gasteiger partial charge in [-0.1, -0.05) is 35.5 Å². The summed E-state index contributed by atoms with van der Waals surface area (Å²) in [6.45, 7) is 3.24. The summed E-state index contributed by atoms with van der Waals surface area (Å²) in [5.41, 5.74) is 4.68. The van der Waals surface area contributed by atoms with Crippen LogP contribution in [0.1, 0.15) is 18.2 Å². The van der Waals surface area contributed by atoms with Crippen LogP contribution >= 0.6 is 12.2 Å². The number of aromatic nitrogens is 3. The first-order valence-corrected chi connectivity index (χ1v) is 8.27. The van der Waals surface area contributed by atoms with E-state index in [0.717, 1.165) is 5.69 Å². The zero-order valence-electron chi connectivity index (χ0n) is 14.3. The van der Waals surface area contributed by atoms with Crippen molar-refractivity contribution in [1.29, 1.82) is 0 Å². The fourth-order valence-electron chi connectivity index (χ4n) is 2.07. The third kappa shape index (κ3) is 7.23. The van der Waals surface area contributed by atoms with Gasteiger partial charge in [-0.25, -0.2) is 4.68 Å². The van der Waals surface area contributed by atoms with E-state index in [2.05, 4.69) is 38.3 Å². The molecule has 1 aromatic heterocycles. The number of benzene rings is 1. The zero-order valence-corrected chi connectivity index (χ0v) is 15.1. The molecule has 8 heteroatoms. The Bertz CT molecular complexity index is 713. The van der Waals surface area contributed by atoms with Gasteiger partial charge in [0.05, 0.1) is 19.3 Å². The maximum atomic E-state index is 5.11. The summed E-state index contributed by atoms with van der Waals surface area (Å²) in [4.78, 5) is 0. The highest BCUT2D eigenvalue weighted by Crippen LogP contribution is 2.02. The molecule has 2 rings (SSSR count). The maximum Gasteiger partial charge on any atom is 0.187 e. The van der Waals surface area contributed by atoms with Crippen molar-refractivity contribution in [3.05, 3.63) is 53.9 Å². The predicted molar refractivity (Wildman–Crippen MR) is 103 cm³/mol. The molecule has 0 fully saturated rings. The lowest BCUT2D eigenvalue weighted by molar-refractivity contribution is 0.179. The molecule has 0 saturated carbocycles. The molecule has 0 saturated heterocycles. The van der Waals surface area contributed by atoms with Crippen LogP contribution in [0, 0.1) is 0 Å². The summed E-state index contributed by atoms with van der Waals surface area (Å²) >= 11 is 5.11. The van der Waals surface area contributed by atoms with Crippen molar-refractivity contribution in [3.63, 3.8) is 0 Å². The van der Waals surface area contributed by atoms with E-state index in [-0.39, 0.29) is 6.04 Å². The molecule has 0 amide bonds. The lowest BCUT2D eigenvalue weighted by Gasteiger charge is -2.13. The molecule has 0 radical (unpaired) electrons. The fraction of sp³-hybridized carbons (Fsp3) is 0.294. The van der Waals surface area contributed by atoms with Crippen molar-refractivity contribution in [2.45, 2.75) is 19.5 Å². The summed E-state index contributed by atoms with van der Waals surface area (Å²) < 4.78 is 6.81. The smallest absolute Gasteiger partial charge is 0.187 e. The molecule has 0 bridgehead atoms. The van der Waals surface area contributed by atoms with E-state index in [9.17, 15) is 0 Å². The van der Waals surface area contributed by atoms with Crippen LogP contribution in [0.25, 0.3) is 6.08 Å². The van der Waals surface area contributed by atoms with Crippen LogP contribution in [0.3, 0.4) is 0 Å². The third-order valence-electron chi connectivity index (χ3n) is 3.13. The largest absolute Gasteiger partial charge is 0.383 e. The van der Waals surface area contributed by atoms with Crippen molar-refractivity contribution in [3.8, 4) is 0 Å². The topological polar surface area (TPSA) is 76.4 Å². The highest BCUT2D eigenvalue weighted by molar-refractivity contribution is 7.80. The minimum Gasteiger partial charge on any atom is -0.383 e. The standard InChI is InChI=1S/C17H22N6OS/c1-14(13-24-2)19-17(25)21-18-10-6-9-16-12-23(22-20-16)11-15-7-4-3-5-8-15/h3-10,12,14H,11,13H2,1-2H3,(H2,19,21,25)/b9-6+,18-10-/t14-/m1/s1. The Morgan fingerprint density at radius 1 is 1.40 bits per heavy atom. The van der Waals surface area contributed by atoms with Crippen molar-refractivity contribution in [1.82, 2.24) is 25.7 Å². The average molecular weight is 358 g/mol. The lowest BCUT2D eigenvalue weighted by atomic mass is 10.2. The van der Waals surface area contributed by atoms with Gasteiger partial charge in [0, 0.05) is 19.4 Å². The van der Waals surface area contributed by atoms with Crippen molar-refractivity contribution >= 4 is 29.6 Å². The maximum absolute atomic E-state index is 5.11. The molecule has 132 valence electrons. The Labute approximate surface area is 152 Å². The molecule has 2 aromatic rings. The number of methoxy groups -OCH3 is 1. The molecule has 0 aliphatic rings. The second kappa shape index (κ2) is 10.3. The second-order valence-corrected chi connectivity index (χ2v) is 5.81. The van der Waals surface area contributed by atoms with Gasteiger partial charge in [-0.15, -0.1) is 5.10 Å². The Balaban J connectivity index is 1.75. The SMILES string of the molecule is COC[C@@H](C)NC(=S)N/N=C\C=C\c1cn(Cc2ccccc2)nn1. The van der Waals surface area contributed by atoms with Gasteiger partial charge in [0.2, 0.25) is 0 Å². The third-order valence-corrected chi connectivity index (χ3v) is 3.34. The number of thiocarbonyl (C=S) groups is 1. The van der Waals surface area contributed by atoms with Crippen molar-refractivity contribution in [2.24, 2.45) is 5.10 Å². The zero-order chi connectivity index (χ0) is 17.9. The van der Waals surface area contributed by atoms with Gasteiger partial charge in [-0.2, -0.15) is 5.10 Å². The number of hydrogen-bond donors (Lipinski definition) is 2. The number of rotatable bonds is 8. The molecule has 25 heavy (non-hydrogen) atoms. The first kappa shape index (κ1) is 18.8. The molecular weight excluding hydrogens is 336 g/mol. The molecule has 2 N–H and O–H groups in total. The van der Waals surface area contributed by atoms with Crippen LogP contribution in [-0.2, 0) is 11.3 Å². The lowest BCUT2D eigenvalue weighted by Crippen LogP contribution is -2.40. The van der Waals surface area contributed by atoms with Crippen LogP contribution in [0.15, 0.2) is 47.7 Å². The number of hydrogen-bond acceptors (Lipinski definition) is 5. The first-order chi connectivity index (χ1) is 12.2. The summed E-state index contributed by atoms with van der Waals surface area (Å²) in [5, 5.41) is 15.7. The molecule has 1 atom stereocenters. The molecule has 0 aliphatic carbocycles. The summed E-state index contributed by atoms with van der Waals surface area (Å²) in [7, 11) is 1.65. The number of ether oxygens (including phenoxy) is 1. The minimum absolute atomic E-state index is 0.121. The molecule has 7 nitrogen and oxygen atoms in total. The number of nitrogens with one attached hydrogen (secondary N) is 2. The van der Waals surface area contributed by atoms with Crippen LogP contribution in [-0.4, -0.2) is 46.1 Å². The van der Waals surface area contributed by atoms with Crippen molar-refractivity contribution < 1.29 is 4.74 Å². The van der Waals surface area contributed by atoms with E-state index in [1.807, 2.05) is 37.4 Å². The van der Waals surface area contributed by atoms with E-state index >= 15 is 0 Å². The molecule has 0 aliphatic heterocycles. The second-order valence-electron chi connectivity index (χ2n) is 5.41. The Morgan fingerprint density at radius 2 is 2.20 bits per heavy atom. The van der Waals surface area contributed by atoms with Crippen molar-refractivity contribution in [2.75, 3.05) is 13.7 Å².